The molecule has 2 amide bonds. The molecule has 1 atom stereocenters. The van der Waals surface area contributed by atoms with Crippen molar-refractivity contribution >= 4 is 33.6 Å². The molecule has 0 saturated carbocycles. The fourth-order valence-corrected chi connectivity index (χ4v) is 3.18. The predicted molar refractivity (Wildman–Crippen MR) is 107 cm³/mol. The van der Waals surface area contributed by atoms with Crippen LogP contribution in [0.3, 0.4) is 0 Å². The third-order valence-corrected chi connectivity index (χ3v) is 4.79. The van der Waals surface area contributed by atoms with E-state index in [1.165, 1.54) is 35.5 Å². The number of carbonyl (C=O) groups is 2. The summed E-state index contributed by atoms with van der Waals surface area (Å²) in [4.78, 5) is 30.3. The number of benzene rings is 1. The van der Waals surface area contributed by atoms with Crippen molar-refractivity contribution in [2.75, 3.05) is 18.6 Å². The lowest BCUT2D eigenvalue weighted by molar-refractivity contribution is -0.120. The van der Waals surface area contributed by atoms with Crippen LogP contribution in [0, 0.1) is 5.95 Å². The van der Waals surface area contributed by atoms with Crippen molar-refractivity contribution in [1.82, 2.24) is 20.1 Å². The second kappa shape index (κ2) is 8.11. The number of aromatic nitrogens is 3. The highest BCUT2D eigenvalue weighted by atomic mass is 79.9. The largest absolute Gasteiger partial charge is 0.489 e. The first-order valence-corrected chi connectivity index (χ1v) is 9.56. The molecule has 1 aliphatic heterocycles. The molecule has 3 heterocycles. The van der Waals surface area contributed by atoms with Crippen molar-refractivity contribution in [3.05, 3.63) is 59.2 Å². The lowest BCUT2D eigenvalue weighted by Crippen LogP contribution is -2.50. The number of nitrogens with one attached hydrogen (secondary N) is 1. The molecule has 1 aromatic carbocycles. The fraction of sp³-hybridized carbons (Fsp3) is 0.158. The van der Waals surface area contributed by atoms with Gasteiger partial charge in [0.05, 0.1) is 18.1 Å². The predicted octanol–water partition coefficient (Wildman–Crippen LogP) is 2.95. The molecule has 0 radical (unpaired) electrons. The van der Waals surface area contributed by atoms with Crippen LogP contribution in [-0.2, 0) is 4.79 Å². The van der Waals surface area contributed by atoms with Gasteiger partial charge < -0.3 is 19.7 Å². The average Bonchev–Trinajstić information content (AvgIpc) is 3.15. The molecule has 0 saturated heterocycles. The Hall–Kier alpha value is -3.47. The van der Waals surface area contributed by atoms with Gasteiger partial charge in [0, 0.05) is 17.6 Å². The van der Waals surface area contributed by atoms with Gasteiger partial charge in [0.15, 0.2) is 5.75 Å². The topological polar surface area (TPSA) is 98.6 Å². The van der Waals surface area contributed by atoms with Gasteiger partial charge in [-0.1, -0.05) is 22.0 Å². The molecule has 2 aromatic heterocycles. The number of rotatable bonds is 3. The molecular formula is C19H15BrFN5O4. The summed E-state index contributed by atoms with van der Waals surface area (Å²) in [6, 6.07) is 7.82. The highest BCUT2D eigenvalue weighted by Crippen LogP contribution is 2.33. The van der Waals surface area contributed by atoms with Gasteiger partial charge in [-0.3, -0.25) is 4.79 Å². The quantitative estimate of drug-likeness (QED) is 0.584. The Kier molecular flexibility index (Phi) is 5.36. The molecule has 0 fully saturated rings. The smallest absolute Gasteiger partial charge is 0.342 e. The Morgan fingerprint density at radius 2 is 2.20 bits per heavy atom. The third-order valence-electron chi connectivity index (χ3n) is 4.29. The minimum atomic E-state index is -0.924. The Morgan fingerprint density at radius 3 is 3.00 bits per heavy atom. The molecule has 1 N–H and O–H groups in total. The van der Waals surface area contributed by atoms with Crippen LogP contribution < -0.4 is 19.7 Å². The number of fused-ring (bicyclic) bond motifs is 1. The number of carbonyl (C=O) groups excluding carboxylic acids is 2. The van der Waals surface area contributed by atoms with Gasteiger partial charge in [-0.05, 0) is 24.3 Å². The molecule has 30 heavy (non-hydrogen) atoms. The van der Waals surface area contributed by atoms with E-state index < -0.39 is 18.0 Å². The van der Waals surface area contributed by atoms with E-state index >= 15 is 0 Å². The summed E-state index contributed by atoms with van der Waals surface area (Å²) < 4.78 is 26.0. The first-order chi connectivity index (χ1) is 14.4. The average molecular weight is 476 g/mol. The highest BCUT2D eigenvalue weighted by Gasteiger charge is 2.31. The van der Waals surface area contributed by atoms with Gasteiger partial charge in [-0.15, -0.1) is 0 Å². The molecule has 11 heteroatoms. The molecule has 0 spiro atoms. The second-order valence-corrected chi connectivity index (χ2v) is 7.26. The summed E-state index contributed by atoms with van der Waals surface area (Å²) >= 11 is 3.37. The van der Waals surface area contributed by atoms with Gasteiger partial charge in [-0.25, -0.2) is 4.79 Å². The fourth-order valence-electron chi connectivity index (χ4n) is 2.83. The summed E-state index contributed by atoms with van der Waals surface area (Å²) in [5.41, 5.74) is 0.587. The van der Waals surface area contributed by atoms with E-state index in [1.807, 2.05) is 0 Å². The van der Waals surface area contributed by atoms with E-state index in [1.54, 1.807) is 25.2 Å². The van der Waals surface area contributed by atoms with E-state index in [0.717, 1.165) is 9.15 Å². The summed E-state index contributed by atoms with van der Waals surface area (Å²) in [5, 5.41) is 6.50. The van der Waals surface area contributed by atoms with E-state index in [4.69, 9.17) is 9.47 Å². The van der Waals surface area contributed by atoms with Crippen LogP contribution in [-0.4, -0.2) is 46.4 Å². The van der Waals surface area contributed by atoms with Crippen molar-refractivity contribution in [2.45, 2.75) is 6.04 Å². The minimum absolute atomic E-state index is 0.0212. The molecule has 1 unspecified atom stereocenters. The first-order valence-electron chi connectivity index (χ1n) is 8.76. The summed E-state index contributed by atoms with van der Waals surface area (Å²) in [6.07, 6.45) is 2.57. The number of halogens is 2. The Bertz CT molecular complexity index is 1120. The lowest BCUT2D eigenvalue weighted by Gasteiger charge is -2.20. The molecule has 4 rings (SSSR count). The standard InChI is InChI=1S/C19H15BrFN5O4/c1-25-14-7-11(20)5-6-15(14)29-10-13(18(25)27)23-19(28)26-9-12(8-22-26)30-17-4-2-3-16(21)24-17/h2-9,13H,10H2,1H3,(H,23,28). The number of hydrogen-bond donors (Lipinski definition) is 1. The molecule has 154 valence electrons. The molecule has 0 aliphatic carbocycles. The monoisotopic (exact) mass is 475 g/mol. The number of pyridine rings is 1. The zero-order valence-corrected chi connectivity index (χ0v) is 17.2. The maximum atomic E-state index is 13.2. The van der Waals surface area contributed by atoms with Gasteiger partial charge in [0.1, 0.15) is 18.4 Å². The lowest BCUT2D eigenvalue weighted by atomic mass is 10.2. The van der Waals surface area contributed by atoms with E-state index in [2.05, 4.69) is 31.3 Å². The van der Waals surface area contributed by atoms with Gasteiger partial charge in [0.2, 0.25) is 11.8 Å². The van der Waals surface area contributed by atoms with Crippen LogP contribution in [0.4, 0.5) is 14.9 Å². The summed E-state index contributed by atoms with van der Waals surface area (Å²) in [6.45, 7) is -0.0403. The molecule has 9 nitrogen and oxygen atoms in total. The van der Waals surface area contributed by atoms with Crippen molar-refractivity contribution in [1.29, 1.82) is 0 Å². The van der Waals surface area contributed by atoms with Crippen LogP contribution in [0.15, 0.2) is 53.3 Å². The van der Waals surface area contributed by atoms with Crippen LogP contribution in [0.2, 0.25) is 0 Å². The summed E-state index contributed by atoms with van der Waals surface area (Å²) in [7, 11) is 1.60. The number of amides is 2. The summed E-state index contributed by atoms with van der Waals surface area (Å²) in [5.74, 6) is -0.300. The normalized spacial score (nSPS) is 15.8. The Morgan fingerprint density at radius 1 is 1.37 bits per heavy atom. The third kappa shape index (κ3) is 4.10. The van der Waals surface area contributed by atoms with E-state index in [9.17, 15) is 14.0 Å². The second-order valence-electron chi connectivity index (χ2n) is 6.34. The van der Waals surface area contributed by atoms with Crippen molar-refractivity contribution in [2.24, 2.45) is 0 Å². The maximum absolute atomic E-state index is 13.2. The maximum Gasteiger partial charge on any atom is 0.342 e. The number of likely N-dealkylation sites (N-methyl/N-ethyl adjacent to an activating group) is 1. The Balaban J connectivity index is 1.45. The van der Waals surface area contributed by atoms with Crippen LogP contribution >= 0.6 is 15.9 Å². The van der Waals surface area contributed by atoms with Crippen molar-refractivity contribution in [3.8, 4) is 17.4 Å². The molecule has 1 aliphatic rings. The van der Waals surface area contributed by atoms with Crippen LogP contribution in [0.25, 0.3) is 0 Å². The van der Waals surface area contributed by atoms with Gasteiger partial charge >= 0.3 is 6.03 Å². The van der Waals surface area contributed by atoms with Crippen molar-refractivity contribution in [3.63, 3.8) is 0 Å². The van der Waals surface area contributed by atoms with Crippen LogP contribution in [0.5, 0.6) is 17.4 Å². The zero-order chi connectivity index (χ0) is 21.3. The number of hydrogen-bond acceptors (Lipinski definition) is 6. The number of anilines is 1. The SMILES string of the molecule is CN1C(=O)C(NC(=O)n2cc(Oc3cccc(F)n3)cn2)COc2ccc(Br)cc21. The minimum Gasteiger partial charge on any atom is -0.489 e. The number of ether oxygens (including phenoxy) is 2. The molecule has 0 bridgehead atoms. The highest BCUT2D eigenvalue weighted by molar-refractivity contribution is 9.10. The van der Waals surface area contributed by atoms with E-state index in [0.29, 0.717) is 11.4 Å². The van der Waals surface area contributed by atoms with Gasteiger partial charge in [0.25, 0.3) is 5.91 Å². The Labute approximate surface area is 178 Å². The zero-order valence-electron chi connectivity index (χ0n) is 15.6. The molecular weight excluding hydrogens is 461 g/mol. The first kappa shape index (κ1) is 19.8. The van der Waals surface area contributed by atoms with Gasteiger partial charge in [-0.2, -0.15) is 19.2 Å². The van der Waals surface area contributed by atoms with Crippen LogP contribution in [0.1, 0.15) is 0 Å². The van der Waals surface area contributed by atoms with E-state index in [-0.39, 0.29) is 24.1 Å². The van der Waals surface area contributed by atoms with Crippen molar-refractivity contribution < 1.29 is 23.5 Å². The molecule has 3 aromatic rings. The number of nitrogens with zero attached hydrogens (tertiary/aromatic N) is 4.